The second-order valence-corrected chi connectivity index (χ2v) is 6.95. The van der Waals surface area contributed by atoms with Crippen molar-refractivity contribution >= 4 is 18.9 Å². The number of benzene rings is 2. The first-order valence-electron chi connectivity index (χ1n) is 9.46. The first kappa shape index (κ1) is 22.5. The number of carbonyl (C=O) groups is 2. The van der Waals surface area contributed by atoms with Crippen molar-refractivity contribution in [2.24, 2.45) is 5.92 Å². The topological polar surface area (TPSA) is 108 Å². The largest absolute Gasteiger partial charge is 0.497 e. The normalized spacial score (nSPS) is 13.7. The molecule has 8 heteroatoms. The van der Waals surface area contributed by atoms with Gasteiger partial charge in [-0.05, 0) is 43.5 Å². The van der Waals surface area contributed by atoms with E-state index >= 15 is 0 Å². The van der Waals surface area contributed by atoms with Crippen LogP contribution in [0.25, 0.3) is 0 Å². The molecule has 29 heavy (non-hydrogen) atoms. The Kier molecular flexibility index (Phi) is 8.24. The maximum absolute atomic E-state index is 12.5. The second kappa shape index (κ2) is 10.6. The molecule has 0 aromatic heterocycles. The van der Waals surface area contributed by atoms with E-state index in [0.717, 1.165) is 11.1 Å². The minimum atomic E-state index is -1.75. The van der Waals surface area contributed by atoms with Crippen molar-refractivity contribution in [3.8, 4) is 5.75 Å². The number of rotatable bonds is 9. The fourth-order valence-corrected chi connectivity index (χ4v) is 2.86. The molecule has 2 aromatic carbocycles. The third kappa shape index (κ3) is 6.62. The van der Waals surface area contributed by atoms with Crippen LogP contribution in [0.4, 0.5) is 0 Å². The van der Waals surface area contributed by atoms with Gasteiger partial charge in [-0.25, -0.2) is 0 Å². The number of hydrogen-bond acceptors (Lipinski definition) is 5. The van der Waals surface area contributed by atoms with E-state index in [9.17, 15) is 19.6 Å². The van der Waals surface area contributed by atoms with Crippen LogP contribution in [-0.4, -0.2) is 42.0 Å². The van der Waals surface area contributed by atoms with Gasteiger partial charge in [-0.3, -0.25) is 9.59 Å². The van der Waals surface area contributed by atoms with Crippen molar-refractivity contribution in [3.63, 3.8) is 0 Å². The molecule has 0 heterocycles. The van der Waals surface area contributed by atoms with E-state index in [0.29, 0.717) is 5.75 Å². The molecule has 0 fully saturated rings. The van der Waals surface area contributed by atoms with Gasteiger partial charge >= 0.3 is 7.12 Å². The van der Waals surface area contributed by atoms with Gasteiger partial charge in [0.2, 0.25) is 11.8 Å². The highest BCUT2D eigenvalue weighted by atomic mass is 16.5. The summed E-state index contributed by atoms with van der Waals surface area (Å²) in [5.41, 5.74) is 1.69. The summed E-state index contributed by atoms with van der Waals surface area (Å²) >= 11 is 0. The van der Waals surface area contributed by atoms with Crippen molar-refractivity contribution in [2.45, 2.75) is 32.3 Å². The molecule has 0 aliphatic rings. The van der Waals surface area contributed by atoms with Gasteiger partial charge in [-0.15, -0.1) is 0 Å². The molecule has 154 valence electrons. The SMILES string of the molecule is COc1cccc(C(C)NC(=O)C(C)C(=O)N[C@@H](Cc2ccccc2)B(O)O)c1. The Labute approximate surface area is 171 Å². The monoisotopic (exact) mass is 398 g/mol. The van der Waals surface area contributed by atoms with Gasteiger partial charge in [0, 0.05) is 0 Å². The van der Waals surface area contributed by atoms with Gasteiger partial charge in [0.15, 0.2) is 0 Å². The van der Waals surface area contributed by atoms with Crippen LogP contribution in [-0.2, 0) is 16.0 Å². The highest BCUT2D eigenvalue weighted by Gasteiger charge is 2.30. The zero-order valence-electron chi connectivity index (χ0n) is 16.8. The molecule has 0 spiro atoms. The molecule has 0 saturated carbocycles. The predicted molar refractivity (Wildman–Crippen MR) is 111 cm³/mol. The van der Waals surface area contributed by atoms with E-state index in [-0.39, 0.29) is 12.5 Å². The lowest BCUT2D eigenvalue weighted by Gasteiger charge is -2.22. The molecule has 0 bridgehead atoms. The van der Waals surface area contributed by atoms with Crippen molar-refractivity contribution in [3.05, 3.63) is 65.7 Å². The first-order valence-corrected chi connectivity index (χ1v) is 9.46. The van der Waals surface area contributed by atoms with Crippen LogP contribution >= 0.6 is 0 Å². The number of hydrogen-bond donors (Lipinski definition) is 4. The summed E-state index contributed by atoms with van der Waals surface area (Å²) in [6.45, 7) is 3.29. The van der Waals surface area contributed by atoms with Crippen LogP contribution in [0.5, 0.6) is 5.75 Å². The molecule has 0 radical (unpaired) electrons. The number of carbonyl (C=O) groups excluding carboxylic acids is 2. The van der Waals surface area contributed by atoms with Crippen LogP contribution in [0.2, 0.25) is 0 Å². The summed E-state index contributed by atoms with van der Waals surface area (Å²) in [6.07, 6.45) is 0.235. The molecular weight excluding hydrogens is 371 g/mol. The molecule has 0 saturated heterocycles. The standard InChI is InChI=1S/C21H27BN2O5/c1-14(20(25)23-15(2)17-10-7-11-18(13-17)29-3)21(26)24-19(22(27)28)12-16-8-5-4-6-9-16/h4-11,13-15,19,27-28H,12H2,1-3H3,(H,23,25)(H,24,26)/t14?,15?,19-/m0/s1. The minimum absolute atomic E-state index is 0.235. The molecule has 2 rings (SSSR count). The molecule has 3 atom stereocenters. The van der Waals surface area contributed by atoms with E-state index in [4.69, 9.17) is 4.74 Å². The quantitative estimate of drug-likeness (QED) is 0.376. The van der Waals surface area contributed by atoms with Crippen LogP contribution in [0, 0.1) is 5.92 Å². The fourth-order valence-electron chi connectivity index (χ4n) is 2.86. The van der Waals surface area contributed by atoms with Gasteiger partial charge in [-0.2, -0.15) is 0 Å². The predicted octanol–water partition coefficient (Wildman–Crippen LogP) is 1.25. The lowest BCUT2D eigenvalue weighted by molar-refractivity contribution is -0.135. The molecular formula is C21H27BN2O5. The third-order valence-corrected chi connectivity index (χ3v) is 4.73. The summed E-state index contributed by atoms with van der Waals surface area (Å²) in [4.78, 5) is 25.0. The Morgan fingerprint density at radius 2 is 1.66 bits per heavy atom. The lowest BCUT2D eigenvalue weighted by atomic mass is 9.75. The van der Waals surface area contributed by atoms with E-state index in [1.54, 1.807) is 13.2 Å². The van der Waals surface area contributed by atoms with Gasteiger partial charge in [0.05, 0.1) is 19.1 Å². The Morgan fingerprint density at radius 3 is 2.28 bits per heavy atom. The Balaban J connectivity index is 1.97. The van der Waals surface area contributed by atoms with Crippen LogP contribution < -0.4 is 15.4 Å². The Morgan fingerprint density at radius 1 is 1.00 bits per heavy atom. The molecule has 0 aliphatic heterocycles. The van der Waals surface area contributed by atoms with E-state index in [2.05, 4.69) is 10.6 Å². The van der Waals surface area contributed by atoms with E-state index in [1.165, 1.54) is 6.92 Å². The van der Waals surface area contributed by atoms with Crippen molar-refractivity contribution < 1.29 is 24.4 Å². The molecule has 7 nitrogen and oxygen atoms in total. The highest BCUT2D eigenvalue weighted by molar-refractivity contribution is 6.43. The first-order chi connectivity index (χ1) is 13.8. The number of nitrogens with one attached hydrogen (secondary N) is 2. The number of amides is 2. The molecule has 2 aromatic rings. The third-order valence-electron chi connectivity index (χ3n) is 4.73. The van der Waals surface area contributed by atoms with Crippen LogP contribution in [0.3, 0.4) is 0 Å². The summed E-state index contributed by atoms with van der Waals surface area (Å²) in [5, 5.41) is 24.6. The highest BCUT2D eigenvalue weighted by Crippen LogP contribution is 2.19. The maximum Gasteiger partial charge on any atom is 0.475 e. The summed E-state index contributed by atoms with van der Waals surface area (Å²) in [6, 6.07) is 16.1. The zero-order valence-corrected chi connectivity index (χ0v) is 16.8. The van der Waals surface area contributed by atoms with Crippen molar-refractivity contribution in [1.29, 1.82) is 0 Å². The minimum Gasteiger partial charge on any atom is -0.497 e. The number of ether oxygens (including phenoxy) is 1. The molecule has 0 aliphatic carbocycles. The van der Waals surface area contributed by atoms with Crippen molar-refractivity contribution in [2.75, 3.05) is 7.11 Å². The summed E-state index contributed by atoms with van der Waals surface area (Å²) in [7, 11) is -0.180. The summed E-state index contributed by atoms with van der Waals surface area (Å²) < 4.78 is 5.19. The Bertz CT molecular complexity index is 816. The molecule has 2 unspecified atom stereocenters. The zero-order chi connectivity index (χ0) is 21.4. The van der Waals surface area contributed by atoms with Gasteiger partial charge in [0.25, 0.3) is 0 Å². The van der Waals surface area contributed by atoms with Gasteiger partial charge < -0.3 is 25.4 Å². The molecule has 2 amide bonds. The summed E-state index contributed by atoms with van der Waals surface area (Å²) in [5.74, 6) is -2.27. The van der Waals surface area contributed by atoms with Crippen LogP contribution in [0.1, 0.15) is 31.0 Å². The second-order valence-electron chi connectivity index (χ2n) is 6.95. The average Bonchev–Trinajstić information content (AvgIpc) is 2.73. The lowest BCUT2D eigenvalue weighted by Crippen LogP contribution is -2.51. The fraction of sp³-hybridized carbons (Fsp3) is 0.333. The molecule has 4 N–H and O–H groups in total. The smallest absolute Gasteiger partial charge is 0.475 e. The van der Waals surface area contributed by atoms with E-state index in [1.807, 2.05) is 55.5 Å². The van der Waals surface area contributed by atoms with Gasteiger partial charge in [-0.1, -0.05) is 42.5 Å². The Hall–Kier alpha value is -2.84. The van der Waals surface area contributed by atoms with Crippen molar-refractivity contribution in [1.82, 2.24) is 10.6 Å². The van der Waals surface area contributed by atoms with Crippen LogP contribution in [0.15, 0.2) is 54.6 Å². The van der Waals surface area contributed by atoms with E-state index < -0.39 is 30.8 Å². The maximum atomic E-state index is 12.5. The average molecular weight is 398 g/mol. The number of methoxy groups -OCH3 is 1. The van der Waals surface area contributed by atoms with Gasteiger partial charge in [0.1, 0.15) is 11.7 Å².